The van der Waals surface area contributed by atoms with Crippen LogP contribution in [0.2, 0.25) is 0 Å². The summed E-state index contributed by atoms with van der Waals surface area (Å²) in [6.07, 6.45) is 0.914. The molecule has 24 heavy (non-hydrogen) atoms. The third-order valence-electron chi connectivity index (χ3n) is 4.67. The molecule has 0 aliphatic carbocycles. The van der Waals surface area contributed by atoms with Gasteiger partial charge in [-0.2, -0.15) is 0 Å². The van der Waals surface area contributed by atoms with Gasteiger partial charge in [0, 0.05) is 30.6 Å². The number of carbonyl (C=O) groups is 1. The number of likely N-dealkylation sites (N-methyl/N-ethyl adjacent to an activating group) is 1. The van der Waals surface area contributed by atoms with Gasteiger partial charge in [0.25, 0.3) is 5.91 Å². The van der Waals surface area contributed by atoms with Crippen LogP contribution in [-0.4, -0.2) is 64.6 Å². The lowest BCUT2D eigenvalue weighted by atomic mass is 10.1. The first kappa shape index (κ1) is 17.1. The zero-order valence-corrected chi connectivity index (χ0v) is 15.0. The van der Waals surface area contributed by atoms with Gasteiger partial charge in [0.15, 0.2) is 10.8 Å². The second-order valence-corrected chi connectivity index (χ2v) is 7.11. The maximum atomic E-state index is 12.8. The lowest BCUT2D eigenvalue weighted by Gasteiger charge is -2.30. The molecular weight excluding hydrogens is 326 g/mol. The number of nitrogens with zero attached hydrogens (tertiary/aromatic N) is 3. The number of aliphatic hydroxyl groups is 1. The predicted molar refractivity (Wildman–Crippen MR) is 93.2 cm³/mol. The van der Waals surface area contributed by atoms with Gasteiger partial charge in [0.2, 0.25) is 0 Å². The van der Waals surface area contributed by atoms with Crippen LogP contribution in [0.15, 0.2) is 21.9 Å². The molecule has 0 bridgehead atoms. The van der Waals surface area contributed by atoms with Crippen molar-refractivity contribution in [3.8, 4) is 10.8 Å². The predicted octanol–water partition coefficient (Wildman–Crippen LogP) is 2.24. The van der Waals surface area contributed by atoms with E-state index in [1.807, 2.05) is 31.0 Å². The number of furan rings is 1. The first-order chi connectivity index (χ1) is 11.5. The number of aromatic nitrogens is 1. The lowest BCUT2D eigenvalue weighted by molar-refractivity contribution is 0.0701. The molecule has 2 aromatic heterocycles. The SMILES string of the molecule is Cc1ccc(-c2nc(C(=O)N3CC[C@@H](N(C)CCO)[C@H]3C)cs2)o1. The Bertz CT molecular complexity index is 712. The molecule has 1 aliphatic rings. The summed E-state index contributed by atoms with van der Waals surface area (Å²) in [6, 6.07) is 4.14. The topological polar surface area (TPSA) is 69.8 Å². The highest BCUT2D eigenvalue weighted by Gasteiger charge is 2.36. The number of aliphatic hydroxyl groups excluding tert-OH is 1. The van der Waals surface area contributed by atoms with Crippen molar-refractivity contribution < 1.29 is 14.3 Å². The van der Waals surface area contributed by atoms with E-state index in [0.29, 0.717) is 24.5 Å². The van der Waals surface area contributed by atoms with Gasteiger partial charge in [-0.05, 0) is 39.4 Å². The van der Waals surface area contributed by atoms with Crippen LogP contribution in [0.1, 0.15) is 29.6 Å². The third-order valence-corrected chi connectivity index (χ3v) is 5.53. The van der Waals surface area contributed by atoms with Crippen molar-refractivity contribution in [3.63, 3.8) is 0 Å². The maximum Gasteiger partial charge on any atom is 0.273 e. The maximum absolute atomic E-state index is 12.8. The van der Waals surface area contributed by atoms with Crippen LogP contribution in [0.5, 0.6) is 0 Å². The molecule has 6 nitrogen and oxygen atoms in total. The highest BCUT2D eigenvalue weighted by molar-refractivity contribution is 7.13. The zero-order chi connectivity index (χ0) is 17.3. The summed E-state index contributed by atoms with van der Waals surface area (Å²) >= 11 is 1.42. The van der Waals surface area contributed by atoms with Crippen molar-refractivity contribution in [1.29, 1.82) is 0 Å². The fourth-order valence-electron chi connectivity index (χ4n) is 3.30. The zero-order valence-electron chi connectivity index (χ0n) is 14.2. The molecule has 1 aliphatic heterocycles. The van der Waals surface area contributed by atoms with E-state index < -0.39 is 0 Å². The Morgan fingerprint density at radius 3 is 3.00 bits per heavy atom. The second kappa shape index (κ2) is 7.04. The van der Waals surface area contributed by atoms with Crippen molar-refractivity contribution in [3.05, 3.63) is 29.0 Å². The molecule has 0 aromatic carbocycles. The first-order valence-electron chi connectivity index (χ1n) is 8.15. The van der Waals surface area contributed by atoms with Gasteiger partial charge in [-0.1, -0.05) is 0 Å². The average molecular weight is 349 g/mol. The molecule has 1 amide bonds. The van der Waals surface area contributed by atoms with Crippen molar-refractivity contribution in [2.45, 2.75) is 32.4 Å². The Labute approximate surface area is 145 Å². The Kier molecular flexibility index (Phi) is 5.03. The number of hydrogen-bond acceptors (Lipinski definition) is 6. The highest BCUT2D eigenvalue weighted by atomic mass is 32.1. The molecule has 1 fully saturated rings. The largest absolute Gasteiger partial charge is 0.459 e. The van der Waals surface area contributed by atoms with Crippen molar-refractivity contribution in [1.82, 2.24) is 14.8 Å². The molecule has 1 N–H and O–H groups in total. The molecule has 130 valence electrons. The molecular formula is C17H23N3O3S. The van der Waals surface area contributed by atoms with Crippen molar-refractivity contribution in [2.75, 3.05) is 26.7 Å². The van der Waals surface area contributed by atoms with Crippen LogP contribution in [0, 0.1) is 6.92 Å². The van der Waals surface area contributed by atoms with E-state index in [1.54, 1.807) is 5.38 Å². The quantitative estimate of drug-likeness (QED) is 0.896. The minimum absolute atomic E-state index is 0.0341. The third kappa shape index (κ3) is 3.24. The van der Waals surface area contributed by atoms with Crippen LogP contribution < -0.4 is 0 Å². The smallest absolute Gasteiger partial charge is 0.273 e. The number of carbonyl (C=O) groups excluding carboxylic acids is 1. The van der Waals surface area contributed by atoms with E-state index in [4.69, 9.17) is 9.52 Å². The van der Waals surface area contributed by atoms with Gasteiger partial charge in [-0.25, -0.2) is 4.98 Å². The number of amides is 1. The van der Waals surface area contributed by atoms with Crippen LogP contribution >= 0.6 is 11.3 Å². The van der Waals surface area contributed by atoms with Crippen LogP contribution in [-0.2, 0) is 0 Å². The number of hydrogen-bond donors (Lipinski definition) is 1. The van der Waals surface area contributed by atoms with E-state index in [9.17, 15) is 4.79 Å². The fraction of sp³-hybridized carbons (Fsp3) is 0.529. The van der Waals surface area contributed by atoms with Crippen LogP contribution in [0.25, 0.3) is 10.8 Å². The number of aryl methyl sites for hydroxylation is 1. The fourth-order valence-corrected chi connectivity index (χ4v) is 4.06. The van der Waals surface area contributed by atoms with E-state index in [2.05, 4.69) is 16.8 Å². The molecule has 0 saturated carbocycles. The molecule has 0 unspecified atom stereocenters. The normalized spacial score (nSPS) is 21.0. The summed E-state index contributed by atoms with van der Waals surface area (Å²) in [6.45, 7) is 5.42. The van der Waals surface area contributed by atoms with Gasteiger partial charge >= 0.3 is 0 Å². The summed E-state index contributed by atoms with van der Waals surface area (Å²) in [5.41, 5.74) is 0.473. The molecule has 2 atom stereocenters. The standard InChI is InChI=1S/C17H23N3O3S/c1-11-4-5-15(23-11)16-18-13(10-24-16)17(22)20-7-6-14(12(20)2)19(3)8-9-21/h4-5,10,12,14,21H,6-9H2,1-3H3/t12-,14-/m1/s1. The molecule has 2 aromatic rings. The molecule has 0 radical (unpaired) electrons. The average Bonchev–Trinajstić information content (AvgIpc) is 3.26. The van der Waals surface area contributed by atoms with Gasteiger partial charge in [0.1, 0.15) is 11.5 Å². The molecule has 1 saturated heterocycles. The van der Waals surface area contributed by atoms with E-state index in [0.717, 1.165) is 17.2 Å². The molecule has 0 spiro atoms. The van der Waals surface area contributed by atoms with Crippen LogP contribution in [0.3, 0.4) is 0 Å². The molecule has 3 heterocycles. The second-order valence-electron chi connectivity index (χ2n) is 6.25. The Morgan fingerprint density at radius 2 is 2.33 bits per heavy atom. The molecule has 7 heteroatoms. The van der Waals surface area contributed by atoms with E-state index in [-0.39, 0.29) is 24.6 Å². The van der Waals surface area contributed by atoms with Crippen molar-refractivity contribution in [2.24, 2.45) is 0 Å². The Hall–Kier alpha value is -1.70. The van der Waals surface area contributed by atoms with E-state index >= 15 is 0 Å². The number of thiazole rings is 1. The number of rotatable bonds is 5. The Balaban J connectivity index is 1.72. The van der Waals surface area contributed by atoms with Crippen molar-refractivity contribution >= 4 is 17.2 Å². The van der Waals surface area contributed by atoms with Crippen LogP contribution in [0.4, 0.5) is 0 Å². The minimum Gasteiger partial charge on any atom is -0.459 e. The summed E-state index contributed by atoms with van der Waals surface area (Å²) in [5, 5.41) is 11.6. The summed E-state index contributed by atoms with van der Waals surface area (Å²) in [4.78, 5) is 21.3. The Morgan fingerprint density at radius 1 is 1.54 bits per heavy atom. The number of likely N-dealkylation sites (tertiary alicyclic amines) is 1. The summed E-state index contributed by atoms with van der Waals surface area (Å²) in [7, 11) is 1.99. The first-order valence-corrected chi connectivity index (χ1v) is 9.03. The van der Waals surface area contributed by atoms with E-state index in [1.165, 1.54) is 11.3 Å². The lowest BCUT2D eigenvalue weighted by Crippen LogP contribution is -2.44. The van der Waals surface area contributed by atoms with Gasteiger partial charge < -0.3 is 14.4 Å². The highest BCUT2D eigenvalue weighted by Crippen LogP contribution is 2.28. The minimum atomic E-state index is -0.0341. The summed E-state index contributed by atoms with van der Waals surface area (Å²) in [5.74, 6) is 1.50. The monoisotopic (exact) mass is 349 g/mol. The van der Waals surface area contributed by atoms with Gasteiger partial charge in [0.05, 0.1) is 6.61 Å². The van der Waals surface area contributed by atoms with Gasteiger partial charge in [-0.15, -0.1) is 11.3 Å². The molecule has 3 rings (SSSR count). The summed E-state index contributed by atoms with van der Waals surface area (Å²) < 4.78 is 5.58. The van der Waals surface area contributed by atoms with Gasteiger partial charge in [-0.3, -0.25) is 9.69 Å².